The van der Waals surface area contributed by atoms with Gasteiger partial charge in [0.1, 0.15) is 5.78 Å². The van der Waals surface area contributed by atoms with E-state index < -0.39 is 27.2 Å². The van der Waals surface area contributed by atoms with Gasteiger partial charge in [0.25, 0.3) is 0 Å². The van der Waals surface area contributed by atoms with Gasteiger partial charge in [0, 0.05) is 12.0 Å². The predicted octanol–water partition coefficient (Wildman–Crippen LogP) is 4.50. The molecule has 2 fully saturated rings. The molecular formula is C20H36NO6PSi. The Kier molecular flexibility index (Phi) is 6.18. The van der Waals surface area contributed by atoms with Crippen LogP contribution in [0.15, 0.2) is 11.8 Å². The number of rotatable bonds is 9. The van der Waals surface area contributed by atoms with Gasteiger partial charge < -0.3 is 18.2 Å². The summed E-state index contributed by atoms with van der Waals surface area (Å²) in [5.41, 5.74) is -1.03. The predicted molar refractivity (Wildman–Crippen MR) is 114 cm³/mol. The molecule has 7 nitrogen and oxygen atoms in total. The van der Waals surface area contributed by atoms with Gasteiger partial charge in [-0.1, -0.05) is 0 Å². The first kappa shape index (κ1) is 23.0. The van der Waals surface area contributed by atoms with E-state index in [9.17, 15) is 9.36 Å². The summed E-state index contributed by atoms with van der Waals surface area (Å²) in [6, 6.07) is -0.0272. The molecule has 5 atom stereocenters. The van der Waals surface area contributed by atoms with E-state index in [-0.39, 0.29) is 36.7 Å². The van der Waals surface area contributed by atoms with E-state index in [2.05, 4.69) is 25.7 Å². The highest BCUT2D eigenvalue weighted by Gasteiger charge is 2.84. The first-order chi connectivity index (χ1) is 13.4. The highest BCUT2D eigenvalue weighted by atomic mass is 31.2. The number of ether oxygens (including phenoxy) is 1. The molecule has 0 aromatic heterocycles. The molecule has 29 heavy (non-hydrogen) atoms. The van der Waals surface area contributed by atoms with Crippen LogP contribution < -0.4 is 0 Å². The first-order valence-electron chi connectivity index (χ1n) is 10.7. The van der Waals surface area contributed by atoms with Crippen molar-refractivity contribution in [3.05, 3.63) is 11.8 Å². The third-order valence-electron chi connectivity index (χ3n) is 5.40. The maximum atomic E-state index is 14.0. The SMILES string of the molecule is CCOC(=O)C12C3CCC(C=C3O[Si](C)(C)C)N1C2P(=O)(OC(C)C)OC(C)C. The molecule has 3 heterocycles. The molecule has 0 N–H and O–H groups in total. The summed E-state index contributed by atoms with van der Waals surface area (Å²) in [5.74, 6) is -0.323. The fourth-order valence-corrected chi connectivity index (χ4v) is 8.71. The van der Waals surface area contributed by atoms with Crippen LogP contribution in [0.25, 0.3) is 0 Å². The number of piperidine rings is 1. The molecule has 0 aromatic rings. The Labute approximate surface area is 175 Å². The van der Waals surface area contributed by atoms with Crippen LogP contribution in [0, 0.1) is 5.92 Å². The van der Waals surface area contributed by atoms with Crippen molar-refractivity contribution in [3.8, 4) is 0 Å². The maximum Gasteiger partial charge on any atom is 0.350 e. The monoisotopic (exact) mass is 445 g/mol. The van der Waals surface area contributed by atoms with E-state index in [1.165, 1.54) is 0 Å². The minimum absolute atomic E-state index is 0.0272. The zero-order chi connectivity index (χ0) is 21.8. The Bertz CT molecular complexity index is 719. The third-order valence-corrected chi connectivity index (χ3v) is 8.92. The molecule has 9 heteroatoms. The van der Waals surface area contributed by atoms with Crippen molar-refractivity contribution < 1.29 is 27.6 Å². The average molecular weight is 446 g/mol. The second-order valence-corrected chi connectivity index (χ2v) is 16.1. The minimum Gasteiger partial charge on any atom is -0.547 e. The van der Waals surface area contributed by atoms with Gasteiger partial charge in [-0.3, -0.25) is 9.46 Å². The van der Waals surface area contributed by atoms with Crippen molar-refractivity contribution in [1.29, 1.82) is 0 Å². The number of hydrogen-bond acceptors (Lipinski definition) is 7. The zero-order valence-electron chi connectivity index (χ0n) is 18.9. The van der Waals surface area contributed by atoms with Crippen molar-refractivity contribution in [3.63, 3.8) is 0 Å². The number of fused-ring (bicyclic) bond motifs is 1. The molecule has 5 unspecified atom stereocenters. The Balaban J connectivity index is 2.05. The highest BCUT2D eigenvalue weighted by molar-refractivity contribution is 7.55. The summed E-state index contributed by atoms with van der Waals surface area (Å²) >= 11 is 0. The van der Waals surface area contributed by atoms with E-state index in [1.807, 2.05) is 32.6 Å². The van der Waals surface area contributed by atoms with Gasteiger partial charge in [-0.25, -0.2) is 4.79 Å². The lowest BCUT2D eigenvalue weighted by Crippen LogP contribution is -2.51. The summed E-state index contributed by atoms with van der Waals surface area (Å²) < 4.78 is 37.7. The summed E-state index contributed by atoms with van der Waals surface area (Å²) in [5, 5.41) is 0. The molecule has 166 valence electrons. The molecule has 2 bridgehead atoms. The lowest BCUT2D eigenvalue weighted by atomic mass is 9.77. The largest absolute Gasteiger partial charge is 0.547 e. The van der Waals surface area contributed by atoms with Gasteiger partial charge in [0.2, 0.25) is 8.32 Å². The Morgan fingerprint density at radius 1 is 1.21 bits per heavy atom. The quantitative estimate of drug-likeness (QED) is 0.224. The van der Waals surface area contributed by atoms with Gasteiger partial charge in [-0.15, -0.1) is 0 Å². The van der Waals surface area contributed by atoms with Crippen molar-refractivity contribution in [2.75, 3.05) is 6.61 Å². The summed E-state index contributed by atoms with van der Waals surface area (Å²) in [7, 11) is -5.48. The Hall–Kier alpha value is -0.663. The maximum absolute atomic E-state index is 14.0. The number of carbonyl (C=O) groups excluding carboxylic acids is 1. The van der Waals surface area contributed by atoms with Crippen LogP contribution in [-0.4, -0.2) is 55.4 Å². The van der Waals surface area contributed by atoms with Gasteiger partial charge in [0.05, 0.1) is 24.6 Å². The van der Waals surface area contributed by atoms with Crippen LogP contribution in [0.5, 0.6) is 0 Å². The van der Waals surface area contributed by atoms with Crippen LogP contribution in [0.4, 0.5) is 0 Å². The van der Waals surface area contributed by atoms with Crippen molar-refractivity contribution in [1.82, 2.24) is 4.90 Å². The van der Waals surface area contributed by atoms with Crippen molar-refractivity contribution in [2.24, 2.45) is 5.92 Å². The van der Waals surface area contributed by atoms with Crippen molar-refractivity contribution >= 4 is 21.9 Å². The van der Waals surface area contributed by atoms with Gasteiger partial charge in [0.15, 0.2) is 5.54 Å². The second-order valence-electron chi connectivity index (χ2n) is 9.66. The van der Waals surface area contributed by atoms with Crippen LogP contribution in [0.3, 0.4) is 0 Å². The second kappa shape index (κ2) is 7.79. The van der Waals surface area contributed by atoms with E-state index in [0.29, 0.717) is 0 Å². The summed E-state index contributed by atoms with van der Waals surface area (Å²) in [6.07, 6.45) is 3.23. The van der Waals surface area contributed by atoms with E-state index in [0.717, 1.165) is 18.6 Å². The molecule has 2 saturated heterocycles. The molecule has 1 aliphatic carbocycles. The van der Waals surface area contributed by atoms with Crippen LogP contribution in [0.2, 0.25) is 19.6 Å². The molecule has 4 aliphatic rings. The van der Waals surface area contributed by atoms with Gasteiger partial charge in [-0.2, -0.15) is 0 Å². The molecule has 3 aliphatic heterocycles. The summed E-state index contributed by atoms with van der Waals surface area (Å²) in [4.78, 5) is 15.3. The minimum atomic E-state index is -3.61. The Morgan fingerprint density at radius 3 is 2.28 bits per heavy atom. The fraction of sp³-hybridized carbons (Fsp3) is 0.850. The van der Waals surface area contributed by atoms with Gasteiger partial charge in [-0.05, 0) is 73.2 Å². The summed E-state index contributed by atoms with van der Waals surface area (Å²) in [6.45, 7) is 15.8. The van der Waals surface area contributed by atoms with Gasteiger partial charge >= 0.3 is 13.6 Å². The number of esters is 1. The van der Waals surface area contributed by atoms with Crippen LogP contribution in [0.1, 0.15) is 47.5 Å². The molecule has 0 radical (unpaired) electrons. The zero-order valence-corrected chi connectivity index (χ0v) is 20.8. The number of carbonyl (C=O) groups is 1. The Morgan fingerprint density at radius 2 is 1.79 bits per heavy atom. The van der Waals surface area contributed by atoms with E-state index in [4.69, 9.17) is 18.2 Å². The molecular weight excluding hydrogens is 409 g/mol. The highest BCUT2D eigenvalue weighted by Crippen LogP contribution is 2.75. The van der Waals surface area contributed by atoms with Crippen LogP contribution in [-0.2, 0) is 27.6 Å². The number of hydrogen-bond donors (Lipinski definition) is 0. The molecule has 4 rings (SSSR count). The smallest absolute Gasteiger partial charge is 0.350 e. The fourth-order valence-electron chi connectivity index (χ4n) is 4.83. The van der Waals surface area contributed by atoms with E-state index in [1.54, 1.807) is 6.92 Å². The molecule has 0 aromatic carbocycles. The van der Waals surface area contributed by atoms with Crippen LogP contribution >= 0.6 is 7.60 Å². The molecule has 0 saturated carbocycles. The number of nitrogens with zero attached hydrogens (tertiary/aromatic N) is 1. The first-order valence-corrected chi connectivity index (χ1v) is 15.7. The average Bonchev–Trinajstić information content (AvgIpc) is 3.27. The topological polar surface area (TPSA) is 74.1 Å². The lowest BCUT2D eigenvalue weighted by molar-refractivity contribution is -0.151. The standard InChI is InChI=1S/C20H36NO6PSi/c1-9-24-19(22)20-16-11-10-15(12-17(16)27-29(6,7)8)21(20)18(20)28(23,25-13(2)3)26-14(4)5/h12-16,18H,9-11H2,1-8H3. The van der Waals surface area contributed by atoms with Crippen molar-refractivity contribution in [2.45, 2.75) is 96.7 Å². The molecule has 0 spiro atoms. The lowest BCUT2D eigenvalue weighted by Gasteiger charge is -2.42. The van der Waals surface area contributed by atoms with E-state index >= 15 is 0 Å². The molecule has 0 amide bonds. The third kappa shape index (κ3) is 3.99. The normalized spacial score (nSPS) is 33.5.